The monoisotopic (exact) mass is 431 g/mol. The van der Waals surface area contributed by atoms with Gasteiger partial charge in [-0.25, -0.2) is 9.79 Å². The average Bonchev–Trinajstić information content (AvgIpc) is 3.25. The summed E-state index contributed by atoms with van der Waals surface area (Å²) in [7, 11) is 0. The molecule has 2 aromatic carbocycles. The third-order valence-electron chi connectivity index (χ3n) is 5.04. The number of amidine groups is 1. The van der Waals surface area contributed by atoms with Crippen molar-refractivity contribution in [1.82, 2.24) is 4.90 Å². The molecule has 2 aliphatic heterocycles. The molecule has 2 aromatic rings. The van der Waals surface area contributed by atoms with Crippen molar-refractivity contribution in [2.24, 2.45) is 4.99 Å². The molecule has 1 atom stereocenters. The fourth-order valence-corrected chi connectivity index (χ4v) is 4.35. The smallest absolute Gasteiger partial charge is 0.338 e. The van der Waals surface area contributed by atoms with Crippen molar-refractivity contribution < 1.29 is 14.3 Å². The van der Waals surface area contributed by atoms with Crippen molar-refractivity contribution >= 4 is 22.9 Å². The van der Waals surface area contributed by atoms with Crippen LogP contribution in [-0.2, 0) is 16.1 Å². The van der Waals surface area contributed by atoms with Crippen molar-refractivity contribution in [2.45, 2.75) is 26.5 Å². The molecule has 156 valence electrons. The van der Waals surface area contributed by atoms with Crippen LogP contribution < -0.4 is 4.74 Å². The zero-order chi connectivity index (χ0) is 21.8. The summed E-state index contributed by atoms with van der Waals surface area (Å²) in [5.74, 6) is 0.331. The number of rotatable bonds is 6. The number of nitriles is 1. The summed E-state index contributed by atoms with van der Waals surface area (Å²) in [5, 5.41) is 12.0. The molecule has 0 saturated heterocycles. The lowest BCUT2D eigenvalue weighted by molar-refractivity contribution is -0.139. The summed E-state index contributed by atoms with van der Waals surface area (Å²) in [6, 6.07) is 16.9. The van der Waals surface area contributed by atoms with Gasteiger partial charge < -0.3 is 14.4 Å². The highest BCUT2D eigenvalue weighted by Gasteiger charge is 2.37. The molecule has 0 aliphatic carbocycles. The number of allylic oxidation sites excluding steroid dienone is 1. The van der Waals surface area contributed by atoms with Gasteiger partial charge in [0.05, 0.1) is 35.6 Å². The molecule has 0 radical (unpaired) electrons. The van der Waals surface area contributed by atoms with Crippen LogP contribution in [0.4, 0.5) is 0 Å². The van der Waals surface area contributed by atoms with Gasteiger partial charge in [0.2, 0.25) is 0 Å². The number of ether oxygens (including phenoxy) is 2. The van der Waals surface area contributed by atoms with Crippen molar-refractivity contribution in [3.05, 3.63) is 88.1 Å². The molecule has 1 unspecified atom stereocenters. The Hall–Kier alpha value is -3.50. The Labute approximate surface area is 185 Å². The van der Waals surface area contributed by atoms with Gasteiger partial charge in [0, 0.05) is 11.8 Å². The minimum absolute atomic E-state index is 0.306. The largest absolute Gasteiger partial charge is 0.489 e. The van der Waals surface area contributed by atoms with Crippen LogP contribution in [0, 0.1) is 11.3 Å². The van der Waals surface area contributed by atoms with E-state index >= 15 is 0 Å². The maximum Gasteiger partial charge on any atom is 0.338 e. The summed E-state index contributed by atoms with van der Waals surface area (Å²) in [6.07, 6.45) is 1.93. The maximum atomic E-state index is 12.7. The molecule has 6 nitrogen and oxygen atoms in total. The van der Waals surface area contributed by atoms with Crippen LogP contribution in [0.25, 0.3) is 0 Å². The van der Waals surface area contributed by atoms with Crippen LogP contribution in [0.2, 0.25) is 0 Å². The fraction of sp³-hybridized carbons (Fsp3) is 0.208. The first-order valence-corrected chi connectivity index (χ1v) is 10.8. The molecule has 0 fully saturated rings. The second kappa shape index (κ2) is 9.11. The Kier molecular flexibility index (Phi) is 6.10. The molecule has 31 heavy (non-hydrogen) atoms. The van der Waals surface area contributed by atoms with Crippen LogP contribution in [-0.4, -0.2) is 22.6 Å². The van der Waals surface area contributed by atoms with Crippen LogP contribution in [0.3, 0.4) is 0 Å². The van der Waals surface area contributed by atoms with Crippen LogP contribution in [0.5, 0.6) is 5.75 Å². The first-order valence-electron chi connectivity index (χ1n) is 9.91. The van der Waals surface area contributed by atoms with Gasteiger partial charge in [0.25, 0.3) is 0 Å². The van der Waals surface area contributed by atoms with Crippen molar-refractivity contribution in [3.8, 4) is 11.8 Å². The predicted molar refractivity (Wildman–Crippen MR) is 120 cm³/mol. The van der Waals surface area contributed by atoms with E-state index in [-0.39, 0.29) is 12.0 Å². The summed E-state index contributed by atoms with van der Waals surface area (Å²) in [6.45, 7) is 4.25. The summed E-state index contributed by atoms with van der Waals surface area (Å²) in [4.78, 5) is 19.3. The molecule has 7 heteroatoms. The van der Waals surface area contributed by atoms with Gasteiger partial charge in [-0.15, -0.1) is 0 Å². The number of carbonyl (C=O) groups is 1. The lowest BCUT2D eigenvalue weighted by atomic mass is 9.95. The van der Waals surface area contributed by atoms with Gasteiger partial charge >= 0.3 is 5.97 Å². The van der Waals surface area contributed by atoms with E-state index in [2.05, 4.69) is 11.1 Å². The van der Waals surface area contributed by atoms with E-state index in [9.17, 15) is 10.1 Å². The Bertz CT molecular complexity index is 1130. The molecule has 2 heterocycles. The Morgan fingerprint density at radius 3 is 2.74 bits per heavy atom. The van der Waals surface area contributed by atoms with E-state index in [0.29, 0.717) is 35.8 Å². The predicted octanol–water partition coefficient (Wildman–Crippen LogP) is 4.91. The van der Waals surface area contributed by atoms with Gasteiger partial charge in [-0.2, -0.15) is 5.26 Å². The van der Waals surface area contributed by atoms with Gasteiger partial charge in [0.15, 0.2) is 5.17 Å². The summed E-state index contributed by atoms with van der Waals surface area (Å²) < 4.78 is 11.2. The zero-order valence-electron chi connectivity index (χ0n) is 17.2. The molecule has 0 aromatic heterocycles. The number of carbonyl (C=O) groups excluding carboxylic acids is 1. The van der Waals surface area contributed by atoms with Gasteiger partial charge in [-0.05, 0) is 43.0 Å². The topological polar surface area (TPSA) is 74.9 Å². The van der Waals surface area contributed by atoms with Crippen LogP contribution >= 0.6 is 11.8 Å². The van der Waals surface area contributed by atoms with Gasteiger partial charge in [-0.1, -0.05) is 42.1 Å². The van der Waals surface area contributed by atoms with E-state index in [1.807, 2.05) is 65.9 Å². The first-order chi connectivity index (χ1) is 15.1. The second-order valence-electron chi connectivity index (χ2n) is 6.95. The Morgan fingerprint density at radius 2 is 2.00 bits per heavy atom. The average molecular weight is 432 g/mol. The molecule has 0 bridgehead atoms. The third kappa shape index (κ3) is 4.21. The summed E-state index contributed by atoms with van der Waals surface area (Å²) >= 11 is 1.53. The first kappa shape index (κ1) is 20.8. The molecule has 4 rings (SSSR count). The lowest BCUT2D eigenvalue weighted by Crippen LogP contribution is -2.34. The van der Waals surface area contributed by atoms with E-state index in [1.54, 1.807) is 13.0 Å². The van der Waals surface area contributed by atoms with Crippen LogP contribution in [0.15, 0.2) is 76.4 Å². The third-order valence-corrected chi connectivity index (χ3v) is 5.81. The molecule has 0 amide bonds. The maximum absolute atomic E-state index is 12.7. The summed E-state index contributed by atoms with van der Waals surface area (Å²) in [5.41, 5.74) is 3.58. The number of hydrogen-bond donors (Lipinski definition) is 0. The van der Waals surface area contributed by atoms with E-state index < -0.39 is 0 Å². The van der Waals surface area contributed by atoms with Crippen molar-refractivity contribution in [1.29, 1.82) is 5.26 Å². The van der Waals surface area contributed by atoms with E-state index in [4.69, 9.17) is 9.47 Å². The van der Waals surface area contributed by atoms with E-state index in [0.717, 1.165) is 16.3 Å². The minimum Gasteiger partial charge on any atom is -0.489 e. The van der Waals surface area contributed by atoms with Crippen LogP contribution in [0.1, 0.15) is 36.6 Å². The number of thioether (sulfide) groups is 1. The lowest BCUT2D eigenvalue weighted by Gasteiger charge is -2.33. The molecule has 0 spiro atoms. The SMILES string of the molecule is CCOC(=O)C1=C(C)N=C2SC=CN2C1c1ccc(OCc2ccccc2C#N)cc1. The molecule has 0 N–H and O–H groups in total. The minimum atomic E-state index is -0.355. The Morgan fingerprint density at radius 1 is 1.23 bits per heavy atom. The van der Waals surface area contributed by atoms with Gasteiger partial charge in [-0.3, -0.25) is 0 Å². The molecular formula is C24H21N3O3S. The normalized spacial score (nSPS) is 17.1. The highest BCUT2D eigenvalue weighted by atomic mass is 32.2. The second-order valence-corrected chi connectivity index (χ2v) is 7.83. The number of benzene rings is 2. The number of hydrogen-bond acceptors (Lipinski definition) is 7. The fourth-order valence-electron chi connectivity index (χ4n) is 3.56. The van der Waals surface area contributed by atoms with Gasteiger partial charge in [0.1, 0.15) is 12.4 Å². The highest BCUT2D eigenvalue weighted by molar-refractivity contribution is 8.16. The quantitative estimate of drug-likeness (QED) is 0.605. The highest BCUT2D eigenvalue weighted by Crippen LogP contribution is 2.41. The number of nitrogens with zero attached hydrogens (tertiary/aromatic N) is 3. The van der Waals surface area contributed by atoms with Crippen molar-refractivity contribution in [2.75, 3.05) is 6.61 Å². The number of esters is 1. The molecule has 2 aliphatic rings. The van der Waals surface area contributed by atoms with E-state index in [1.165, 1.54) is 11.8 Å². The Balaban J connectivity index is 1.58. The molecule has 0 saturated carbocycles. The molecular weight excluding hydrogens is 410 g/mol. The van der Waals surface area contributed by atoms with Crippen molar-refractivity contribution in [3.63, 3.8) is 0 Å². The number of aliphatic imine (C=N–C) groups is 1. The zero-order valence-corrected chi connectivity index (χ0v) is 18.1. The standard InChI is InChI=1S/C24H21N3O3S/c1-3-29-23(28)21-16(2)26-24-27(12-13-31-24)22(21)17-8-10-20(11-9-17)30-15-19-7-5-4-6-18(19)14-25/h4-13,22H,3,15H2,1-2H3. The number of fused-ring (bicyclic) bond motifs is 1.